The molecule has 1 aromatic heterocycles. The van der Waals surface area contributed by atoms with Gasteiger partial charge in [0.2, 0.25) is 0 Å². The lowest BCUT2D eigenvalue weighted by atomic mass is 10.1. The van der Waals surface area contributed by atoms with Gasteiger partial charge in [-0.2, -0.15) is 0 Å². The van der Waals surface area contributed by atoms with Crippen LogP contribution >= 0.6 is 0 Å². The average molecular weight is 229 g/mol. The predicted octanol–water partition coefficient (Wildman–Crippen LogP) is 2.78. The number of aromatic nitrogens is 1. The van der Waals surface area contributed by atoms with Crippen molar-refractivity contribution in [1.29, 1.82) is 0 Å². The normalized spacial score (nSPS) is 10.2. The summed E-state index contributed by atoms with van der Waals surface area (Å²) in [5.41, 5.74) is 2.01. The summed E-state index contributed by atoms with van der Waals surface area (Å²) < 4.78 is 5.38. The van der Waals surface area contributed by atoms with E-state index in [9.17, 15) is 5.11 Å². The van der Waals surface area contributed by atoms with Crippen molar-refractivity contribution in [2.24, 2.45) is 0 Å². The first-order chi connectivity index (χ1) is 8.29. The lowest BCUT2D eigenvalue weighted by Gasteiger charge is -2.06. The summed E-state index contributed by atoms with van der Waals surface area (Å²) in [7, 11) is 0. The molecule has 3 nitrogen and oxygen atoms in total. The maximum Gasteiger partial charge on any atom is 0.137 e. The highest BCUT2D eigenvalue weighted by molar-refractivity contribution is 5.36. The van der Waals surface area contributed by atoms with Crippen molar-refractivity contribution in [3.05, 3.63) is 53.9 Å². The lowest BCUT2D eigenvalue weighted by Crippen LogP contribution is -1.93. The first-order valence-corrected chi connectivity index (χ1v) is 5.63. The van der Waals surface area contributed by atoms with E-state index in [1.54, 1.807) is 6.20 Å². The molecule has 0 aliphatic carbocycles. The van der Waals surface area contributed by atoms with Gasteiger partial charge in [0.15, 0.2) is 0 Å². The molecular weight excluding hydrogens is 214 g/mol. The molecule has 0 spiro atoms. The largest absolute Gasteiger partial charge is 0.506 e. The maximum absolute atomic E-state index is 9.62. The molecule has 1 aromatic carbocycles. The standard InChI is InChI=1S/C14H15NO2/c1-2-17-13-5-3-11(4-6-13)9-12-7-8-15-10-14(12)16/h3-8,10,16H,2,9H2,1H3. The van der Waals surface area contributed by atoms with Crippen LogP contribution < -0.4 is 4.74 Å². The summed E-state index contributed by atoms with van der Waals surface area (Å²) in [6.45, 7) is 2.63. The van der Waals surface area contributed by atoms with E-state index in [0.29, 0.717) is 13.0 Å². The van der Waals surface area contributed by atoms with Crippen LogP contribution in [0, 0.1) is 0 Å². The average Bonchev–Trinajstić information content (AvgIpc) is 2.35. The molecule has 1 heterocycles. The van der Waals surface area contributed by atoms with Crippen LogP contribution in [0.4, 0.5) is 0 Å². The number of pyridine rings is 1. The maximum atomic E-state index is 9.62. The molecule has 0 radical (unpaired) electrons. The van der Waals surface area contributed by atoms with E-state index < -0.39 is 0 Å². The third-order valence-corrected chi connectivity index (χ3v) is 2.52. The van der Waals surface area contributed by atoms with Gasteiger partial charge in [0.05, 0.1) is 12.8 Å². The monoisotopic (exact) mass is 229 g/mol. The number of hydrogen-bond acceptors (Lipinski definition) is 3. The summed E-state index contributed by atoms with van der Waals surface area (Å²) >= 11 is 0. The van der Waals surface area contributed by atoms with Gasteiger partial charge in [-0.05, 0) is 30.7 Å². The third kappa shape index (κ3) is 2.97. The van der Waals surface area contributed by atoms with Gasteiger partial charge in [-0.1, -0.05) is 12.1 Å². The van der Waals surface area contributed by atoms with Gasteiger partial charge in [-0.25, -0.2) is 0 Å². The van der Waals surface area contributed by atoms with Crippen LogP contribution in [0.25, 0.3) is 0 Å². The van der Waals surface area contributed by atoms with E-state index in [-0.39, 0.29) is 5.75 Å². The highest BCUT2D eigenvalue weighted by Gasteiger charge is 2.02. The minimum Gasteiger partial charge on any atom is -0.506 e. The van der Waals surface area contributed by atoms with E-state index in [2.05, 4.69) is 4.98 Å². The van der Waals surface area contributed by atoms with E-state index in [1.807, 2.05) is 37.3 Å². The zero-order valence-corrected chi connectivity index (χ0v) is 9.76. The van der Waals surface area contributed by atoms with Crippen molar-refractivity contribution in [3.8, 4) is 11.5 Å². The minimum absolute atomic E-state index is 0.237. The SMILES string of the molecule is CCOc1ccc(Cc2ccncc2O)cc1. The van der Waals surface area contributed by atoms with Gasteiger partial charge in [-0.15, -0.1) is 0 Å². The molecule has 2 rings (SSSR count). The van der Waals surface area contributed by atoms with Crippen molar-refractivity contribution in [2.75, 3.05) is 6.61 Å². The molecule has 0 unspecified atom stereocenters. The van der Waals surface area contributed by atoms with Crippen molar-refractivity contribution in [3.63, 3.8) is 0 Å². The fourth-order valence-corrected chi connectivity index (χ4v) is 1.65. The summed E-state index contributed by atoms with van der Waals surface area (Å²) in [5, 5.41) is 9.62. The topological polar surface area (TPSA) is 42.4 Å². The third-order valence-electron chi connectivity index (χ3n) is 2.52. The molecule has 0 aliphatic rings. The van der Waals surface area contributed by atoms with Crippen molar-refractivity contribution < 1.29 is 9.84 Å². The van der Waals surface area contributed by atoms with Gasteiger partial charge in [0.25, 0.3) is 0 Å². The molecule has 0 fully saturated rings. The molecule has 2 aromatic rings. The molecule has 0 saturated heterocycles. The first kappa shape index (κ1) is 11.5. The van der Waals surface area contributed by atoms with Crippen LogP contribution in [-0.2, 0) is 6.42 Å². The Morgan fingerprint density at radius 2 is 1.94 bits per heavy atom. The van der Waals surface area contributed by atoms with E-state index in [1.165, 1.54) is 6.20 Å². The van der Waals surface area contributed by atoms with Crippen LogP contribution in [0.1, 0.15) is 18.1 Å². The molecule has 0 aliphatic heterocycles. The number of benzene rings is 1. The quantitative estimate of drug-likeness (QED) is 0.876. The fraction of sp³-hybridized carbons (Fsp3) is 0.214. The van der Waals surface area contributed by atoms with Gasteiger partial charge < -0.3 is 9.84 Å². The smallest absolute Gasteiger partial charge is 0.137 e. The zero-order valence-electron chi connectivity index (χ0n) is 9.76. The Kier molecular flexibility index (Phi) is 3.60. The molecule has 1 N–H and O–H groups in total. The van der Waals surface area contributed by atoms with E-state index in [0.717, 1.165) is 16.9 Å². The van der Waals surface area contributed by atoms with E-state index >= 15 is 0 Å². The van der Waals surface area contributed by atoms with Crippen LogP contribution in [0.3, 0.4) is 0 Å². The number of rotatable bonds is 4. The van der Waals surface area contributed by atoms with Crippen LogP contribution in [0.5, 0.6) is 11.5 Å². The van der Waals surface area contributed by atoms with Crippen LogP contribution in [-0.4, -0.2) is 16.7 Å². The second-order valence-electron chi connectivity index (χ2n) is 3.76. The first-order valence-electron chi connectivity index (χ1n) is 5.63. The molecule has 17 heavy (non-hydrogen) atoms. The van der Waals surface area contributed by atoms with Crippen LogP contribution in [0.15, 0.2) is 42.7 Å². The highest BCUT2D eigenvalue weighted by Crippen LogP contribution is 2.20. The van der Waals surface area contributed by atoms with Gasteiger partial charge >= 0.3 is 0 Å². The molecule has 0 bridgehead atoms. The number of aromatic hydroxyl groups is 1. The second-order valence-corrected chi connectivity index (χ2v) is 3.76. The lowest BCUT2D eigenvalue weighted by molar-refractivity contribution is 0.340. The zero-order chi connectivity index (χ0) is 12.1. The minimum atomic E-state index is 0.237. The van der Waals surface area contributed by atoms with E-state index in [4.69, 9.17) is 4.74 Å². The summed E-state index contributed by atoms with van der Waals surface area (Å²) in [5.74, 6) is 1.11. The van der Waals surface area contributed by atoms with Gasteiger partial charge in [0, 0.05) is 18.2 Å². The molecule has 3 heteroatoms. The van der Waals surface area contributed by atoms with Crippen molar-refractivity contribution >= 4 is 0 Å². The van der Waals surface area contributed by atoms with Gasteiger partial charge in [0.1, 0.15) is 11.5 Å². The highest BCUT2D eigenvalue weighted by atomic mass is 16.5. The number of nitrogens with zero attached hydrogens (tertiary/aromatic N) is 1. The molecule has 0 amide bonds. The second kappa shape index (κ2) is 5.34. The Morgan fingerprint density at radius 1 is 1.18 bits per heavy atom. The molecule has 0 atom stereocenters. The number of ether oxygens (including phenoxy) is 1. The predicted molar refractivity (Wildman–Crippen MR) is 66.3 cm³/mol. The Labute approximate surface area is 101 Å². The van der Waals surface area contributed by atoms with Crippen LogP contribution in [0.2, 0.25) is 0 Å². The Hall–Kier alpha value is -2.03. The summed E-state index contributed by atoms with van der Waals surface area (Å²) in [6, 6.07) is 9.72. The molecular formula is C14H15NO2. The van der Waals surface area contributed by atoms with Crippen molar-refractivity contribution in [2.45, 2.75) is 13.3 Å². The Bertz CT molecular complexity index is 480. The number of hydrogen-bond donors (Lipinski definition) is 1. The van der Waals surface area contributed by atoms with Crippen molar-refractivity contribution in [1.82, 2.24) is 4.98 Å². The molecule has 88 valence electrons. The molecule has 0 saturated carbocycles. The Balaban J connectivity index is 2.11. The van der Waals surface area contributed by atoms with Gasteiger partial charge in [-0.3, -0.25) is 4.98 Å². The summed E-state index contributed by atoms with van der Waals surface area (Å²) in [4.78, 5) is 3.85. The summed E-state index contributed by atoms with van der Waals surface area (Å²) in [6.07, 6.45) is 3.84. The fourth-order valence-electron chi connectivity index (χ4n) is 1.65. The Morgan fingerprint density at radius 3 is 2.59 bits per heavy atom.